The Morgan fingerprint density at radius 2 is 2.10 bits per heavy atom. The molecule has 0 radical (unpaired) electrons. The number of carbonyl (C=O) groups is 1. The van der Waals surface area contributed by atoms with Crippen LogP contribution in [0.15, 0.2) is 30.3 Å². The average molecular weight is 312 g/mol. The van der Waals surface area contributed by atoms with Crippen molar-refractivity contribution >= 4 is 18.3 Å². The summed E-state index contributed by atoms with van der Waals surface area (Å²) >= 11 is 0. The molecule has 0 spiro atoms. The van der Waals surface area contributed by atoms with Gasteiger partial charge in [-0.1, -0.05) is 30.3 Å². The smallest absolute Gasteiger partial charge is 0.236 e. The Kier molecular flexibility index (Phi) is 7.15. The lowest BCUT2D eigenvalue weighted by Gasteiger charge is -2.33. The number of amides is 1. The fourth-order valence-electron chi connectivity index (χ4n) is 2.71. The number of hydrogen-bond acceptors (Lipinski definition) is 3. The lowest BCUT2D eigenvalue weighted by Crippen LogP contribution is -2.47. The van der Waals surface area contributed by atoms with E-state index in [1.165, 1.54) is 5.56 Å². The first-order valence-corrected chi connectivity index (χ1v) is 7.36. The van der Waals surface area contributed by atoms with Crippen LogP contribution >= 0.6 is 12.4 Å². The first kappa shape index (κ1) is 18.0. The number of likely N-dealkylation sites (tertiary alicyclic amines) is 1. The lowest BCUT2D eigenvalue weighted by atomic mass is 10.1. The molecule has 21 heavy (non-hydrogen) atoms. The largest absolute Gasteiger partial charge is 0.338 e. The van der Waals surface area contributed by atoms with Gasteiger partial charge in [-0.15, -0.1) is 12.4 Å². The SMILES string of the molecule is CC(c1ccccc1)N(C)C(=O)CN1CCC[C@@H](N)C1.Cl. The predicted molar refractivity (Wildman–Crippen MR) is 88.5 cm³/mol. The Morgan fingerprint density at radius 3 is 2.71 bits per heavy atom. The first-order chi connectivity index (χ1) is 9.58. The summed E-state index contributed by atoms with van der Waals surface area (Å²) in [4.78, 5) is 16.4. The normalized spacial score (nSPS) is 20.4. The highest BCUT2D eigenvalue weighted by molar-refractivity contribution is 5.85. The molecule has 2 atom stereocenters. The van der Waals surface area contributed by atoms with E-state index in [-0.39, 0.29) is 30.4 Å². The van der Waals surface area contributed by atoms with E-state index in [0.29, 0.717) is 6.54 Å². The molecule has 0 bridgehead atoms. The van der Waals surface area contributed by atoms with Gasteiger partial charge in [0.25, 0.3) is 0 Å². The molecular weight excluding hydrogens is 286 g/mol. The Bertz CT molecular complexity index is 440. The van der Waals surface area contributed by atoms with Crippen LogP contribution in [0.1, 0.15) is 31.4 Å². The van der Waals surface area contributed by atoms with Crippen LogP contribution in [0, 0.1) is 0 Å². The fraction of sp³-hybridized carbons (Fsp3) is 0.562. The lowest BCUT2D eigenvalue weighted by molar-refractivity contribution is -0.133. The van der Waals surface area contributed by atoms with Crippen LogP contribution in [-0.4, -0.2) is 48.4 Å². The summed E-state index contributed by atoms with van der Waals surface area (Å²) in [7, 11) is 1.88. The molecule has 0 aromatic heterocycles. The Morgan fingerprint density at radius 1 is 1.43 bits per heavy atom. The van der Waals surface area contributed by atoms with Crippen LogP contribution in [-0.2, 0) is 4.79 Å². The van der Waals surface area contributed by atoms with E-state index >= 15 is 0 Å². The molecule has 2 N–H and O–H groups in total. The molecule has 1 aromatic rings. The second kappa shape index (κ2) is 8.37. The summed E-state index contributed by atoms with van der Waals surface area (Å²) in [6.07, 6.45) is 2.16. The Hall–Kier alpha value is -1.10. The van der Waals surface area contributed by atoms with Crippen molar-refractivity contribution in [2.24, 2.45) is 5.73 Å². The Labute approximate surface area is 133 Å². The van der Waals surface area contributed by atoms with E-state index in [1.807, 2.05) is 30.1 Å². The standard InChI is InChI=1S/C16H25N3O.ClH/c1-13(14-7-4-3-5-8-14)18(2)16(20)12-19-10-6-9-15(17)11-19;/h3-5,7-8,13,15H,6,9-12,17H2,1-2H3;1H/t13?,15-;/m1./s1. The van der Waals surface area contributed by atoms with Gasteiger partial charge in [-0.25, -0.2) is 0 Å². The molecule has 1 heterocycles. The molecule has 0 aliphatic carbocycles. The summed E-state index contributed by atoms with van der Waals surface area (Å²) in [6.45, 7) is 4.35. The molecule has 1 aliphatic rings. The van der Waals surface area contributed by atoms with Gasteiger partial charge in [-0.2, -0.15) is 0 Å². The molecule has 1 aliphatic heterocycles. The zero-order valence-electron chi connectivity index (χ0n) is 12.9. The fourth-order valence-corrected chi connectivity index (χ4v) is 2.71. The quantitative estimate of drug-likeness (QED) is 0.926. The zero-order valence-corrected chi connectivity index (χ0v) is 13.7. The van der Waals surface area contributed by atoms with Gasteiger partial charge in [0.15, 0.2) is 0 Å². The van der Waals surface area contributed by atoms with Crippen molar-refractivity contribution in [3.05, 3.63) is 35.9 Å². The van der Waals surface area contributed by atoms with Crippen molar-refractivity contribution in [2.45, 2.75) is 31.8 Å². The molecule has 1 saturated heterocycles. The Balaban J connectivity index is 0.00000220. The summed E-state index contributed by atoms with van der Waals surface area (Å²) in [5.41, 5.74) is 7.13. The number of hydrogen-bond donors (Lipinski definition) is 1. The summed E-state index contributed by atoms with van der Waals surface area (Å²) in [5, 5.41) is 0. The van der Waals surface area contributed by atoms with Gasteiger partial charge in [-0.05, 0) is 31.9 Å². The molecule has 1 amide bonds. The number of nitrogens with zero attached hydrogens (tertiary/aromatic N) is 2. The van der Waals surface area contributed by atoms with Gasteiger partial charge in [-0.3, -0.25) is 9.69 Å². The number of halogens is 1. The number of likely N-dealkylation sites (N-methyl/N-ethyl adjacent to an activating group) is 1. The highest BCUT2D eigenvalue weighted by Gasteiger charge is 2.22. The van der Waals surface area contributed by atoms with Crippen molar-refractivity contribution < 1.29 is 4.79 Å². The second-order valence-electron chi connectivity index (χ2n) is 5.73. The van der Waals surface area contributed by atoms with Crippen molar-refractivity contribution in [1.29, 1.82) is 0 Å². The molecule has 118 valence electrons. The third kappa shape index (κ3) is 4.99. The van der Waals surface area contributed by atoms with Crippen LogP contribution in [0.25, 0.3) is 0 Å². The first-order valence-electron chi connectivity index (χ1n) is 7.36. The van der Waals surface area contributed by atoms with E-state index in [1.54, 1.807) is 0 Å². The number of nitrogens with two attached hydrogens (primary N) is 1. The average Bonchev–Trinajstić information content (AvgIpc) is 2.46. The van der Waals surface area contributed by atoms with Gasteiger partial charge in [0.05, 0.1) is 12.6 Å². The molecule has 4 nitrogen and oxygen atoms in total. The van der Waals surface area contributed by atoms with Crippen molar-refractivity contribution in [3.8, 4) is 0 Å². The topological polar surface area (TPSA) is 49.6 Å². The third-order valence-corrected chi connectivity index (χ3v) is 4.16. The van der Waals surface area contributed by atoms with E-state index in [4.69, 9.17) is 5.73 Å². The van der Waals surface area contributed by atoms with Gasteiger partial charge in [0, 0.05) is 19.6 Å². The van der Waals surface area contributed by atoms with Gasteiger partial charge >= 0.3 is 0 Å². The van der Waals surface area contributed by atoms with E-state index in [9.17, 15) is 4.79 Å². The second-order valence-corrected chi connectivity index (χ2v) is 5.73. The zero-order chi connectivity index (χ0) is 14.5. The molecule has 0 saturated carbocycles. The van der Waals surface area contributed by atoms with Gasteiger partial charge < -0.3 is 10.6 Å². The minimum Gasteiger partial charge on any atom is -0.338 e. The van der Waals surface area contributed by atoms with Gasteiger partial charge in [0.2, 0.25) is 5.91 Å². The maximum atomic E-state index is 12.4. The van der Waals surface area contributed by atoms with Crippen LogP contribution in [0.2, 0.25) is 0 Å². The number of benzene rings is 1. The summed E-state index contributed by atoms with van der Waals surface area (Å²) < 4.78 is 0. The highest BCUT2D eigenvalue weighted by atomic mass is 35.5. The molecular formula is C16H26ClN3O. The molecule has 1 aromatic carbocycles. The van der Waals surface area contributed by atoms with Gasteiger partial charge in [0.1, 0.15) is 0 Å². The van der Waals surface area contributed by atoms with Crippen LogP contribution in [0.4, 0.5) is 0 Å². The number of rotatable bonds is 4. The highest BCUT2D eigenvalue weighted by Crippen LogP contribution is 2.18. The van der Waals surface area contributed by atoms with E-state index < -0.39 is 0 Å². The molecule has 5 heteroatoms. The predicted octanol–water partition coefficient (Wildman–Crippen LogP) is 2.05. The third-order valence-electron chi connectivity index (χ3n) is 4.16. The molecule has 2 rings (SSSR count). The summed E-state index contributed by atoms with van der Waals surface area (Å²) in [5.74, 6) is 0.162. The maximum Gasteiger partial charge on any atom is 0.236 e. The minimum absolute atomic E-state index is 0. The van der Waals surface area contributed by atoms with Crippen LogP contribution in [0.5, 0.6) is 0 Å². The summed E-state index contributed by atoms with van der Waals surface area (Å²) in [6, 6.07) is 10.4. The maximum absolute atomic E-state index is 12.4. The van der Waals surface area contributed by atoms with Crippen molar-refractivity contribution in [3.63, 3.8) is 0 Å². The van der Waals surface area contributed by atoms with Crippen molar-refractivity contribution in [2.75, 3.05) is 26.7 Å². The van der Waals surface area contributed by atoms with Crippen molar-refractivity contribution in [1.82, 2.24) is 9.80 Å². The number of carbonyl (C=O) groups excluding carboxylic acids is 1. The van der Waals surface area contributed by atoms with E-state index in [0.717, 1.165) is 25.9 Å². The van der Waals surface area contributed by atoms with Crippen LogP contribution in [0.3, 0.4) is 0 Å². The monoisotopic (exact) mass is 311 g/mol. The molecule has 1 unspecified atom stereocenters. The molecule has 1 fully saturated rings. The van der Waals surface area contributed by atoms with Crippen LogP contribution < -0.4 is 5.73 Å². The number of piperidine rings is 1. The minimum atomic E-state index is 0. The van der Waals surface area contributed by atoms with E-state index in [2.05, 4.69) is 24.0 Å².